The van der Waals surface area contributed by atoms with Gasteiger partial charge in [-0.2, -0.15) is 0 Å². The molecule has 2 aromatic rings. The average Bonchev–Trinajstić information content (AvgIpc) is 2.46. The molecule has 2 rings (SSSR count). The van der Waals surface area contributed by atoms with Crippen molar-refractivity contribution in [2.45, 2.75) is 13.0 Å². The maximum absolute atomic E-state index is 13.2. The summed E-state index contributed by atoms with van der Waals surface area (Å²) in [6, 6.07) is 10.8. The normalized spacial score (nSPS) is 10.5. The van der Waals surface area contributed by atoms with Crippen LogP contribution in [-0.2, 0) is 6.54 Å². The van der Waals surface area contributed by atoms with Crippen molar-refractivity contribution in [1.29, 1.82) is 0 Å². The lowest BCUT2D eigenvalue weighted by molar-refractivity contribution is 0.279. The van der Waals surface area contributed by atoms with Gasteiger partial charge in [-0.1, -0.05) is 30.3 Å². The predicted molar refractivity (Wildman–Crippen MR) is 72.4 cm³/mol. The largest absolute Gasteiger partial charge is 0.476 e. The van der Waals surface area contributed by atoms with Crippen LogP contribution in [-0.4, -0.2) is 18.1 Å². The zero-order valence-electron chi connectivity index (χ0n) is 11.0. The number of ether oxygens (including phenoxy) is 1. The molecule has 1 aromatic heterocycles. The fourth-order valence-corrected chi connectivity index (χ4v) is 1.70. The minimum Gasteiger partial charge on any atom is -0.476 e. The lowest BCUT2D eigenvalue weighted by Crippen LogP contribution is -2.17. The fourth-order valence-electron chi connectivity index (χ4n) is 1.70. The maximum Gasteiger partial charge on any atom is 0.250 e. The van der Waals surface area contributed by atoms with Gasteiger partial charge in [-0.3, -0.25) is 0 Å². The molecule has 1 N–H and O–H groups in total. The third kappa shape index (κ3) is 4.59. The van der Waals surface area contributed by atoms with Gasteiger partial charge >= 0.3 is 0 Å². The van der Waals surface area contributed by atoms with Crippen LogP contribution in [0.25, 0.3) is 0 Å². The molecule has 5 heteroatoms. The highest BCUT2D eigenvalue weighted by atomic mass is 19.1. The molecule has 0 unspecified atom stereocenters. The lowest BCUT2D eigenvalue weighted by Gasteiger charge is -2.07. The minimum absolute atomic E-state index is 0.158. The first kappa shape index (κ1) is 14.4. The van der Waals surface area contributed by atoms with E-state index in [-0.39, 0.29) is 5.88 Å². The number of nitrogens with zero attached hydrogens (tertiary/aromatic N) is 1. The van der Waals surface area contributed by atoms with Crippen LogP contribution in [0.1, 0.15) is 12.0 Å². The summed E-state index contributed by atoms with van der Waals surface area (Å²) in [4.78, 5) is 3.55. The van der Waals surface area contributed by atoms with Crippen molar-refractivity contribution in [2.24, 2.45) is 0 Å². The van der Waals surface area contributed by atoms with Crippen LogP contribution in [0.4, 0.5) is 8.78 Å². The van der Waals surface area contributed by atoms with E-state index in [2.05, 4.69) is 10.3 Å². The third-order valence-electron chi connectivity index (χ3n) is 2.68. The number of benzene rings is 1. The molecule has 0 aliphatic rings. The topological polar surface area (TPSA) is 34.1 Å². The smallest absolute Gasteiger partial charge is 0.250 e. The molecule has 1 aromatic carbocycles. The van der Waals surface area contributed by atoms with E-state index in [0.29, 0.717) is 13.0 Å². The van der Waals surface area contributed by atoms with Gasteiger partial charge in [0, 0.05) is 12.6 Å². The molecule has 1 heterocycles. The first-order valence-corrected chi connectivity index (χ1v) is 6.44. The zero-order chi connectivity index (χ0) is 14.2. The van der Waals surface area contributed by atoms with Crippen molar-refractivity contribution in [1.82, 2.24) is 10.3 Å². The molecule has 0 amide bonds. The van der Waals surface area contributed by atoms with Gasteiger partial charge in [-0.25, -0.2) is 13.8 Å². The number of hydrogen-bond donors (Lipinski definition) is 1. The van der Waals surface area contributed by atoms with Gasteiger partial charge in [0.15, 0.2) is 5.82 Å². The molecule has 0 saturated heterocycles. The first-order chi connectivity index (χ1) is 9.75. The highest BCUT2D eigenvalue weighted by molar-refractivity contribution is 5.14. The van der Waals surface area contributed by atoms with E-state index in [4.69, 9.17) is 4.74 Å². The van der Waals surface area contributed by atoms with Crippen molar-refractivity contribution < 1.29 is 13.5 Å². The molecular weight excluding hydrogens is 262 g/mol. The standard InChI is InChI=1S/C15H16F2N2O/c16-13-9-14(17)15(19-11-13)20-8-4-7-18-10-12-5-2-1-3-6-12/h1-3,5-6,9,11,18H,4,7-8,10H2. The van der Waals surface area contributed by atoms with Gasteiger partial charge in [0.25, 0.3) is 5.88 Å². The van der Waals surface area contributed by atoms with Crippen molar-refractivity contribution >= 4 is 0 Å². The first-order valence-electron chi connectivity index (χ1n) is 6.44. The van der Waals surface area contributed by atoms with E-state index in [1.165, 1.54) is 5.56 Å². The lowest BCUT2D eigenvalue weighted by atomic mass is 10.2. The molecule has 0 atom stereocenters. The molecule has 0 aliphatic carbocycles. The van der Waals surface area contributed by atoms with E-state index in [9.17, 15) is 8.78 Å². The Kier molecular flexibility index (Phi) is 5.43. The van der Waals surface area contributed by atoms with Crippen molar-refractivity contribution in [2.75, 3.05) is 13.2 Å². The molecule has 0 bridgehead atoms. The van der Waals surface area contributed by atoms with Crippen LogP contribution in [0.2, 0.25) is 0 Å². The Morgan fingerprint density at radius 3 is 2.70 bits per heavy atom. The van der Waals surface area contributed by atoms with Gasteiger partial charge < -0.3 is 10.1 Å². The van der Waals surface area contributed by atoms with E-state index >= 15 is 0 Å². The van der Waals surface area contributed by atoms with Gasteiger partial charge in [0.1, 0.15) is 5.82 Å². The summed E-state index contributed by atoms with van der Waals surface area (Å²) < 4.78 is 31.0. The van der Waals surface area contributed by atoms with E-state index in [1.807, 2.05) is 30.3 Å². The highest BCUT2D eigenvalue weighted by Gasteiger charge is 2.05. The summed E-state index contributed by atoms with van der Waals surface area (Å²) in [6.07, 6.45) is 1.65. The number of halogens is 2. The Bertz CT molecular complexity index is 535. The summed E-state index contributed by atoms with van der Waals surface area (Å²) in [5.41, 5.74) is 1.21. The van der Waals surface area contributed by atoms with Gasteiger partial charge in [0.05, 0.1) is 12.8 Å². The monoisotopic (exact) mass is 278 g/mol. The van der Waals surface area contributed by atoms with Gasteiger partial charge in [-0.05, 0) is 18.5 Å². The minimum atomic E-state index is -0.776. The van der Waals surface area contributed by atoms with Crippen LogP contribution in [0, 0.1) is 11.6 Å². The summed E-state index contributed by atoms with van der Waals surface area (Å²) in [5, 5.41) is 3.26. The average molecular weight is 278 g/mol. The molecule has 106 valence electrons. The Balaban J connectivity index is 1.62. The number of pyridine rings is 1. The van der Waals surface area contributed by atoms with Crippen LogP contribution in [0.3, 0.4) is 0 Å². The Morgan fingerprint density at radius 2 is 1.95 bits per heavy atom. The molecule has 0 spiro atoms. The van der Waals surface area contributed by atoms with Crippen LogP contribution in [0.15, 0.2) is 42.6 Å². The quantitative estimate of drug-likeness (QED) is 0.791. The van der Waals surface area contributed by atoms with Crippen LogP contribution < -0.4 is 10.1 Å². The van der Waals surface area contributed by atoms with Crippen molar-refractivity contribution in [3.8, 4) is 5.88 Å². The number of aromatic nitrogens is 1. The molecular formula is C15H16F2N2O. The van der Waals surface area contributed by atoms with Crippen LogP contribution >= 0.6 is 0 Å². The van der Waals surface area contributed by atoms with Crippen molar-refractivity contribution in [3.63, 3.8) is 0 Å². The Labute approximate surface area is 116 Å². The predicted octanol–water partition coefficient (Wildman–Crippen LogP) is 2.92. The number of nitrogens with one attached hydrogen (secondary N) is 1. The molecule has 0 aliphatic heterocycles. The van der Waals surface area contributed by atoms with Crippen LogP contribution in [0.5, 0.6) is 5.88 Å². The summed E-state index contributed by atoms with van der Waals surface area (Å²) in [6.45, 7) is 1.86. The molecule has 0 fully saturated rings. The second kappa shape index (κ2) is 7.55. The van der Waals surface area contributed by atoms with Gasteiger partial charge in [0.2, 0.25) is 0 Å². The molecule has 0 saturated carbocycles. The summed E-state index contributed by atoms with van der Waals surface area (Å²) >= 11 is 0. The number of hydrogen-bond acceptors (Lipinski definition) is 3. The maximum atomic E-state index is 13.2. The SMILES string of the molecule is Fc1cnc(OCCCNCc2ccccc2)c(F)c1. The fraction of sp³-hybridized carbons (Fsp3) is 0.267. The second-order valence-electron chi connectivity index (χ2n) is 4.30. The molecule has 3 nitrogen and oxygen atoms in total. The second-order valence-corrected chi connectivity index (χ2v) is 4.30. The van der Waals surface area contributed by atoms with E-state index in [1.54, 1.807) is 0 Å². The Morgan fingerprint density at radius 1 is 1.15 bits per heavy atom. The molecule has 20 heavy (non-hydrogen) atoms. The molecule has 0 radical (unpaired) electrons. The summed E-state index contributed by atoms with van der Waals surface area (Å²) in [7, 11) is 0. The zero-order valence-corrected chi connectivity index (χ0v) is 11.0. The van der Waals surface area contributed by atoms with Crippen molar-refractivity contribution in [3.05, 3.63) is 59.8 Å². The van der Waals surface area contributed by atoms with E-state index in [0.717, 1.165) is 25.4 Å². The van der Waals surface area contributed by atoms with E-state index < -0.39 is 11.6 Å². The highest BCUT2D eigenvalue weighted by Crippen LogP contribution is 2.13. The third-order valence-corrected chi connectivity index (χ3v) is 2.68. The number of rotatable bonds is 7. The Hall–Kier alpha value is -2.01. The summed E-state index contributed by atoms with van der Waals surface area (Å²) in [5.74, 6) is -1.64. The van der Waals surface area contributed by atoms with Gasteiger partial charge in [-0.15, -0.1) is 0 Å².